The van der Waals surface area contributed by atoms with Crippen molar-refractivity contribution in [1.82, 2.24) is 0 Å². The Hall–Kier alpha value is -0.900. The minimum atomic E-state index is -1.00. The van der Waals surface area contributed by atoms with Crippen LogP contribution in [0.25, 0.3) is 0 Å². The van der Waals surface area contributed by atoms with E-state index in [1.54, 1.807) is 0 Å². The summed E-state index contributed by atoms with van der Waals surface area (Å²) in [5.74, 6) is -1.00. The van der Waals surface area contributed by atoms with E-state index < -0.39 is 18.3 Å². The van der Waals surface area contributed by atoms with Crippen LogP contribution in [0.5, 0.6) is 0 Å². The summed E-state index contributed by atoms with van der Waals surface area (Å²) in [5, 5.41) is 8.12. The standard InChI is InChI=1S/C5H9NO3/c6-4(3-7)1-2-5(8)9/h3-4H,1-2,6H2,(H,8,9)/t4-/m0/s1/i3T. The van der Waals surface area contributed by atoms with Crippen molar-refractivity contribution in [2.45, 2.75) is 18.9 Å². The highest BCUT2D eigenvalue weighted by atomic mass is 16.4. The molecule has 3 N–H and O–H groups in total. The van der Waals surface area contributed by atoms with Crippen LogP contribution in [0.3, 0.4) is 0 Å². The first-order chi connectivity index (χ1) is 4.54. The van der Waals surface area contributed by atoms with Gasteiger partial charge in [0, 0.05) is 6.42 Å². The fraction of sp³-hybridized carbons (Fsp3) is 0.600. The number of aliphatic carboxylic acids is 1. The van der Waals surface area contributed by atoms with Crippen LogP contribution in [0.4, 0.5) is 0 Å². The summed E-state index contributed by atoms with van der Waals surface area (Å²) in [7, 11) is 0. The zero-order chi connectivity index (χ0) is 8.15. The van der Waals surface area contributed by atoms with Crippen LogP contribution in [0.2, 0.25) is 0 Å². The molecule has 0 rings (SSSR count). The number of carboxylic acid groups (broad SMARTS) is 1. The molecule has 0 aromatic heterocycles. The molecule has 0 heterocycles. The van der Waals surface area contributed by atoms with Crippen molar-refractivity contribution < 1.29 is 16.1 Å². The van der Waals surface area contributed by atoms with Gasteiger partial charge in [0.15, 0.2) is 0 Å². The molecule has 4 heteroatoms. The molecule has 0 radical (unpaired) electrons. The van der Waals surface area contributed by atoms with E-state index >= 15 is 0 Å². The third kappa shape index (κ3) is 4.96. The van der Waals surface area contributed by atoms with Crippen LogP contribution < -0.4 is 5.73 Å². The molecule has 0 amide bonds. The summed E-state index contributed by atoms with van der Waals surface area (Å²) >= 11 is 0. The number of carbonyl (C=O) groups excluding carboxylic acids is 1. The first-order valence-electron chi connectivity index (χ1n) is 3.02. The van der Waals surface area contributed by atoms with Gasteiger partial charge in [-0.3, -0.25) is 4.79 Å². The minimum Gasteiger partial charge on any atom is -0.481 e. The molecule has 52 valence electrons. The summed E-state index contributed by atoms with van der Waals surface area (Å²) in [5.41, 5.74) is 5.06. The Morgan fingerprint density at radius 1 is 2.00 bits per heavy atom. The maximum atomic E-state index is 10.1. The van der Waals surface area contributed by atoms with Gasteiger partial charge < -0.3 is 15.6 Å². The summed E-state index contributed by atoms with van der Waals surface area (Å²) in [4.78, 5) is 20.0. The topological polar surface area (TPSA) is 80.4 Å². The summed E-state index contributed by atoms with van der Waals surface area (Å²) in [6, 6.07) is -0.948. The molecule has 0 aliphatic carbocycles. The number of hydrogen-bond acceptors (Lipinski definition) is 3. The number of carboxylic acids is 1. The number of hydrogen-bond donors (Lipinski definition) is 2. The van der Waals surface area contributed by atoms with Crippen LogP contribution in [0.1, 0.15) is 14.2 Å². The highest BCUT2D eigenvalue weighted by Crippen LogP contribution is 1.90. The summed E-state index contributed by atoms with van der Waals surface area (Å²) in [6.45, 7) is 0. The number of rotatable bonds is 4. The highest BCUT2D eigenvalue weighted by Gasteiger charge is 2.02. The van der Waals surface area contributed by atoms with Gasteiger partial charge in [-0.2, -0.15) is 0 Å². The van der Waals surface area contributed by atoms with Crippen LogP contribution >= 0.6 is 0 Å². The molecule has 0 bridgehead atoms. The molecule has 0 aromatic carbocycles. The van der Waals surface area contributed by atoms with E-state index in [1.165, 1.54) is 0 Å². The minimum absolute atomic E-state index is 0.0394. The van der Waals surface area contributed by atoms with E-state index in [0.29, 0.717) is 0 Å². The second kappa shape index (κ2) is 4.03. The maximum Gasteiger partial charge on any atom is 0.303 e. The van der Waals surface area contributed by atoms with Gasteiger partial charge in [-0.05, 0) is 6.42 Å². The highest BCUT2D eigenvalue weighted by molar-refractivity contribution is 5.68. The molecule has 0 saturated heterocycles. The van der Waals surface area contributed by atoms with E-state index in [4.69, 9.17) is 12.2 Å². The Morgan fingerprint density at radius 2 is 2.56 bits per heavy atom. The van der Waals surface area contributed by atoms with Gasteiger partial charge in [0.05, 0.1) is 6.04 Å². The van der Waals surface area contributed by atoms with Gasteiger partial charge in [-0.15, -0.1) is 0 Å². The lowest BCUT2D eigenvalue weighted by Crippen LogP contribution is -2.22. The number of carbonyl (C=O) groups is 2. The van der Waals surface area contributed by atoms with Crippen molar-refractivity contribution in [3.8, 4) is 0 Å². The molecule has 0 saturated carbocycles. The predicted octanol–water partition coefficient (Wildman–Crippen LogP) is -0.623. The van der Waals surface area contributed by atoms with E-state index in [2.05, 4.69) is 0 Å². The molecule has 0 aliphatic heterocycles. The first-order valence-corrected chi connectivity index (χ1v) is 2.52. The molecule has 0 aliphatic rings. The van der Waals surface area contributed by atoms with E-state index in [0.717, 1.165) is 0 Å². The second-order valence-electron chi connectivity index (χ2n) is 1.66. The van der Waals surface area contributed by atoms with Crippen LogP contribution in [0, 0.1) is 0 Å². The van der Waals surface area contributed by atoms with Gasteiger partial charge >= 0.3 is 5.97 Å². The molecule has 0 spiro atoms. The van der Waals surface area contributed by atoms with Gasteiger partial charge in [-0.25, -0.2) is 0 Å². The van der Waals surface area contributed by atoms with Crippen molar-refractivity contribution in [3.05, 3.63) is 0 Å². The first kappa shape index (κ1) is 6.22. The van der Waals surface area contributed by atoms with E-state index in [1.807, 2.05) is 0 Å². The lowest BCUT2D eigenvalue weighted by molar-refractivity contribution is -0.137. The fourth-order valence-electron chi connectivity index (χ4n) is 0.338. The Balaban J connectivity index is 3.49. The van der Waals surface area contributed by atoms with Gasteiger partial charge in [-0.1, -0.05) is 0 Å². The Bertz CT molecular complexity index is 148. The largest absolute Gasteiger partial charge is 0.481 e. The zero-order valence-electron chi connectivity index (χ0n) is 5.83. The molecule has 0 aromatic rings. The lowest BCUT2D eigenvalue weighted by atomic mass is 10.2. The van der Waals surface area contributed by atoms with Crippen LogP contribution in [0.15, 0.2) is 0 Å². The molecule has 0 fully saturated rings. The molecular formula is C5H9NO3. The average Bonchev–Trinajstić information content (AvgIpc) is 1.82. The monoisotopic (exact) mass is 133 g/mol. The molecule has 0 unspecified atom stereocenters. The van der Waals surface area contributed by atoms with Gasteiger partial charge in [0.25, 0.3) is 0 Å². The van der Waals surface area contributed by atoms with Crippen LogP contribution in [-0.4, -0.2) is 23.4 Å². The predicted molar refractivity (Wildman–Crippen MR) is 30.9 cm³/mol. The van der Waals surface area contributed by atoms with Crippen molar-refractivity contribution >= 4 is 12.2 Å². The molecule has 1 atom stereocenters. The van der Waals surface area contributed by atoms with E-state index in [-0.39, 0.29) is 12.8 Å². The average molecular weight is 133 g/mol. The smallest absolute Gasteiger partial charge is 0.303 e. The van der Waals surface area contributed by atoms with Crippen molar-refractivity contribution in [3.63, 3.8) is 0 Å². The molecule has 9 heavy (non-hydrogen) atoms. The van der Waals surface area contributed by atoms with Gasteiger partial charge in [0.1, 0.15) is 7.63 Å². The fourth-order valence-corrected chi connectivity index (χ4v) is 0.338. The van der Waals surface area contributed by atoms with Gasteiger partial charge in [0.2, 0.25) is 0 Å². The Morgan fingerprint density at radius 3 is 2.89 bits per heavy atom. The van der Waals surface area contributed by atoms with Crippen molar-refractivity contribution in [2.24, 2.45) is 5.73 Å². The Labute approximate surface area is 54.1 Å². The third-order valence-electron chi connectivity index (χ3n) is 0.821. The third-order valence-corrected chi connectivity index (χ3v) is 0.821. The molecule has 4 nitrogen and oxygen atoms in total. The number of aldehydes is 1. The SMILES string of the molecule is [3H]C(=O)[C@@H](N)CCC(=O)O. The quantitative estimate of drug-likeness (QED) is 0.501. The van der Waals surface area contributed by atoms with Crippen LogP contribution in [-0.2, 0) is 9.59 Å². The van der Waals surface area contributed by atoms with Crippen molar-refractivity contribution in [1.29, 1.82) is 0 Å². The van der Waals surface area contributed by atoms with E-state index in [9.17, 15) is 9.59 Å². The number of nitrogens with two attached hydrogens (primary N) is 1. The summed E-state index contributed by atoms with van der Waals surface area (Å²) < 4.78 is 6.47. The normalized spacial score (nSPS) is 14.1. The maximum absolute atomic E-state index is 10.1. The van der Waals surface area contributed by atoms with Crippen molar-refractivity contribution in [2.75, 3.05) is 0 Å². The summed E-state index contributed by atoms with van der Waals surface area (Å²) in [6.07, 6.45) is -1.04. The molecular weight excluding hydrogens is 122 g/mol. The Kier molecular flexibility index (Phi) is 2.78. The second-order valence-corrected chi connectivity index (χ2v) is 1.66. The zero-order valence-corrected chi connectivity index (χ0v) is 4.83. The lowest BCUT2D eigenvalue weighted by Gasteiger charge is -1.97.